The van der Waals surface area contributed by atoms with Crippen LogP contribution in [0.3, 0.4) is 0 Å². The Balaban J connectivity index is 2.93. The molecule has 0 heterocycles. The average molecular weight is 224 g/mol. The van der Waals surface area contributed by atoms with Gasteiger partial charge in [0.1, 0.15) is 5.69 Å². The molecule has 5 nitrogen and oxygen atoms in total. The number of aliphatic hydroxyl groups is 1. The van der Waals surface area contributed by atoms with E-state index in [0.717, 1.165) is 5.56 Å². The summed E-state index contributed by atoms with van der Waals surface area (Å²) in [6, 6.07) is 4.85. The molecule has 0 fully saturated rings. The van der Waals surface area contributed by atoms with Crippen molar-refractivity contribution in [3.63, 3.8) is 0 Å². The van der Waals surface area contributed by atoms with Crippen LogP contribution in [0.2, 0.25) is 0 Å². The van der Waals surface area contributed by atoms with E-state index < -0.39 is 10.5 Å². The quantitative estimate of drug-likeness (QED) is 0.606. The zero-order valence-electron chi connectivity index (χ0n) is 9.65. The highest BCUT2D eigenvalue weighted by atomic mass is 16.6. The van der Waals surface area contributed by atoms with E-state index in [1.165, 1.54) is 6.07 Å². The second kappa shape index (κ2) is 4.49. The van der Waals surface area contributed by atoms with E-state index in [-0.39, 0.29) is 12.2 Å². The molecule has 2 N–H and O–H groups in total. The van der Waals surface area contributed by atoms with Crippen LogP contribution in [0.15, 0.2) is 18.2 Å². The summed E-state index contributed by atoms with van der Waals surface area (Å²) in [4.78, 5) is 10.3. The van der Waals surface area contributed by atoms with Crippen molar-refractivity contribution in [2.45, 2.75) is 26.4 Å². The Morgan fingerprint density at radius 1 is 1.50 bits per heavy atom. The predicted molar refractivity (Wildman–Crippen MR) is 62.6 cm³/mol. The normalized spacial score (nSPS) is 11.2. The maximum atomic E-state index is 10.8. The minimum atomic E-state index is -0.905. The lowest BCUT2D eigenvalue weighted by molar-refractivity contribution is -0.384. The molecule has 16 heavy (non-hydrogen) atoms. The van der Waals surface area contributed by atoms with E-state index in [1.54, 1.807) is 26.0 Å². The lowest BCUT2D eigenvalue weighted by Crippen LogP contribution is -2.29. The van der Waals surface area contributed by atoms with Gasteiger partial charge in [0.25, 0.3) is 5.69 Å². The molecule has 0 bridgehead atoms. The van der Waals surface area contributed by atoms with Gasteiger partial charge >= 0.3 is 0 Å². The fourth-order valence-corrected chi connectivity index (χ4v) is 1.26. The molecule has 0 aliphatic carbocycles. The molecule has 0 aromatic heterocycles. The molecule has 0 saturated carbocycles. The number of nitro benzene ring substituents is 1. The predicted octanol–water partition coefficient (Wildman–Crippen LogP) is 2.09. The summed E-state index contributed by atoms with van der Waals surface area (Å²) in [5, 5.41) is 23.2. The maximum absolute atomic E-state index is 10.8. The third kappa shape index (κ3) is 3.51. The second-order valence-electron chi connectivity index (χ2n) is 4.44. The fourth-order valence-electron chi connectivity index (χ4n) is 1.26. The molecule has 0 atom stereocenters. The van der Waals surface area contributed by atoms with Gasteiger partial charge in [0, 0.05) is 12.6 Å². The van der Waals surface area contributed by atoms with Gasteiger partial charge in [-0.05, 0) is 32.4 Å². The molecule has 88 valence electrons. The van der Waals surface area contributed by atoms with Crippen LogP contribution in [0.1, 0.15) is 19.4 Å². The minimum absolute atomic E-state index is 0.0230. The van der Waals surface area contributed by atoms with E-state index in [0.29, 0.717) is 5.69 Å². The van der Waals surface area contributed by atoms with Crippen molar-refractivity contribution in [2.75, 3.05) is 11.9 Å². The van der Waals surface area contributed by atoms with Gasteiger partial charge < -0.3 is 10.4 Å². The van der Waals surface area contributed by atoms with Crippen molar-refractivity contribution in [3.05, 3.63) is 33.9 Å². The van der Waals surface area contributed by atoms with Crippen LogP contribution in [0, 0.1) is 17.0 Å². The highest BCUT2D eigenvalue weighted by Crippen LogP contribution is 2.25. The fraction of sp³-hybridized carbons (Fsp3) is 0.455. The Kier molecular flexibility index (Phi) is 3.49. The monoisotopic (exact) mass is 224 g/mol. The summed E-state index contributed by atoms with van der Waals surface area (Å²) in [7, 11) is 0. The largest absolute Gasteiger partial charge is 0.389 e. The van der Waals surface area contributed by atoms with Gasteiger partial charge in [-0.15, -0.1) is 0 Å². The van der Waals surface area contributed by atoms with E-state index in [4.69, 9.17) is 0 Å². The summed E-state index contributed by atoms with van der Waals surface area (Å²) in [6.45, 7) is 5.40. The molecular formula is C11H16N2O3. The Bertz CT molecular complexity index is 397. The standard InChI is InChI=1S/C11H16N2O3/c1-8-4-5-10(13(15)16)9(6-8)12-7-11(2,3)14/h4-6,12,14H,7H2,1-3H3. The topological polar surface area (TPSA) is 75.4 Å². The zero-order valence-corrected chi connectivity index (χ0v) is 9.65. The van der Waals surface area contributed by atoms with Crippen LogP contribution in [-0.2, 0) is 0 Å². The third-order valence-electron chi connectivity index (χ3n) is 2.06. The van der Waals surface area contributed by atoms with Crippen LogP contribution < -0.4 is 5.32 Å². The Morgan fingerprint density at radius 3 is 2.62 bits per heavy atom. The van der Waals surface area contributed by atoms with E-state index in [1.807, 2.05) is 6.92 Å². The SMILES string of the molecule is Cc1ccc([N+](=O)[O-])c(NCC(C)(C)O)c1. The van der Waals surface area contributed by atoms with Crippen molar-refractivity contribution in [1.29, 1.82) is 0 Å². The molecule has 0 spiro atoms. The van der Waals surface area contributed by atoms with Crippen LogP contribution in [0.4, 0.5) is 11.4 Å². The summed E-state index contributed by atoms with van der Waals surface area (Å²) < 4.78 is 0. The maximum Gasteiger partial charge on any atom is 0.292 e. The number of nitrogens with one attached hydrogen (secondary N) is 1. The Hall–Kier alpha value is -1.62. The van der Waals surface area contributed by atoms with Crippen molar-refractivity contribution in [3.8, 4) is 0 Å². The highest BCUT2D eigenvalue weighted by molar-refractivity contribution is 5.62. The van der Waals surface area contributed by atoms with E-state index in [9.17, 15) is 15.2 Å². The first kappa shape index (κ1) is 12.4. The molecule has 0 aliphatic rings. The average Bonchev–Trinajstić information content (AvgIpc) is 2.13. The molecule has 0 aliphatic heterocycles. The van der Waals surface area contributed by atoms with Crippen molar-refractivity contribution in [1.82, 2.24) is 0 Å². The van der Waals surface area contributed by atoms with Gasteiger partial charge in [0.2, 0.25) is 0 Å². The first-order chi connectivity index (χ1) is 7.29. The first-order valence-corrected chi connectivity index (χ1v) is 5.01. The number of anilines is 1. The van der Waals surface area contributed by atoms with Gasteiger partial charge in [-0.25, -0.2) is 0 Å². The summed E-state index contributed by atoms with van der Waals surface area (Å²) in [6.07, 6.45) is 0. The van der Waals surface area contributed by atoms with Gasteiger partial charge in [0.15, 0.2) is 0 Å². The number of rotatable bonds is 4. The third-order valence-corrected chi connectivity index (χ3v) is 2.06. The molecule has 1 rings (SSSR count). The Labute approximate surface area is 94.3 Å². The first-order valence-electron chi connectivity index (χ1n) is 5.01. The second-order valence-corrected chi connectivity index (χ2v) is 4.44. The molecule has 0 saturated heterocycles. The number of nitrogens with zero attached hydrogens (tertiary/aromatic N) is 1. The van der Waals surface area contributed by atoms with Crippen LogP contribution >= 0.6 is 0 Å². The van der Waals surface area contributed by atoms with Gasteiger partial charge in [0.05, 0.1) is 10.5 Å². The van der Waals surface area contributed by atoms with Gasteiger partial charge in [-0.3, -0.25) is 10.1 Å². The van der Waals surface area contributed by atoms with Crippen molar-refractivity contribution in [2.24, 2.45) is 0 Å². The molecule has 0 radical (unpaired) electrons. The molecule has 1 aromatic rings. The zero-order chi connectivity index (χ0) is 12.3. The summed E-state index contributed by atoms with van der Waals surface area (Å²) in [5.41, 5.74) is 0.489. The van der Waals surface area contributed by atoms with E-state index in [2.05, 4.69) is 5.32 Å². The Morgan fingerprint density at radius 2 is 2.12 bits per heavy atom. The van der Waals surface area contributed by atoms with Crippen LogP contribution in [0.5, 0.6) is 0 Å². The number of hydrogen-bond donors (Lipinski definition) is 2. The lowest BCUT2D eigenvalue weighted by Gasteiger charge is -2.18. The number of nitro groups is 1. The minimum Gasteiger partial charge on any atom is -0.389 e. The highest BCUT2D eigenvalue weighted by Gasteiger charge is 2.17. The van der Waals surface area contributed by atoms with E-state index >= 15 is 0 Å². The van der Waals surface area contributed by atoms with Crippen molar-refractivity contribution >= 4 is 11.4 Å². The molecular weight excluding hydrogens is 208 g/mol. The number of aryl methyl sites for hydroxylation is 1. The van der Waals surface area contributed by atoms with Crippen LogP contribution in [0.25, 0.3) is 0 Å². The molecule has 1 aromatic carbocycles. The van der Waals surface area contributed by atoms with Crippen LogP contribution in [-0.4, -0.2) is 22.2 Å². The van der Waals surface area contributed by atoms with Gasteiger partial charge in [-0.1, -0.05) is 6.07 Å². The molecule has 0 amide bonds. The smallest absolute Gasteiger partial charge is 0.292 e. The van der Waals surface area contributed by atoms with Gasteiger partial charge in [-0.2, -0.15) is 0 Å². The number of benzene rings is 1. The molecule has 0 unspecified atom stereocenters. The summed E-state index contributed by atoms with van der Waals surface area (Å²) >= 11 is 0. The molecule has 5 heteroatoms. The summed E-state index contributed by atoms with van der Waals surface area (Å²) in [5.74, 6) is 0. The van der Waals surface area contributed by atoms with Crippen molar-refractivity contribution < 1.29 is 10.0 Å². The lowest BCUT2D eigenvalue weighted by atomic mass is 10.1. The number of hydrogen-bond acceptors (Lipinski definition) is 4.